The maximum Gasteiger partial charge on any atom is 0.142 e. The largest absolute Gasteiger partial charge is 0.488 e. The van der Waals surface area contributed by atoms with Crippen molar-refractivity contribution in [3.8, 4) is 5.75 Å². The zero-order valence-electron chi connectivity index (χ0n) is 14.9. The number of hydrogen-bond acceptors (Lipinski definition) is 5. The highest BCUT2D eigenvalue weighted by molar-refractivity contribution is 5.87. The van der Waals surface area contributed by atoms with Crippen LogP contribution in [0.25, 0.3) is 11.0 Å². The van der Waals surface area contributed by atoms with Gasteiger partial charge >= 0.3 is 0 Å². The van der Waals surface area contributed by atoms with E-state index in [9.17, 15) is 4.39 Å². The molecule has 5 rings (SSSR count). The van der Waals surface area contributed by atoms with Crippen LogP contribution in [0, 0.1) is 5.82 Å². The van der Waals surface area contributed by atoms with Gasteiger partial charge in [0.25, 0.3) is 0 Å². The molecule has 0 unspecified atom stereocenters. The molecule has 2 fully saturated rings. The number of aromatic nitrogens is 3. The molecule has 0 saturated carbocycles. The molecule has 2 atom stereocenters. The van der Waals surface area contributed by atoms with Gasteiger partial charge < -0.3 is 19.4 Å². The molecule has 0 radical (unpaired) electrons. The van der Waals surface area contributed by atoms with E-state index in [1.165, 1.54) is 12.1 Å². The highest BCUT2D eigenvalue weighted by atomic mass is 19.1. The van der Waals surface area contributed by atoms with Crippen molar-refractivity contribution in [2.75, 3.05) is 24.6 Å². The number of nitrogens with one attached hydrogen (secondary N) is 1. The first-order chi connectivity index (χ1) is 13.2. The van der Waals surface area contributed by atoms with E-state index < -0.39 is 0 Å². The summed E-state index contributed by atoms with van der Waals surface area (Å²) in [6.45, 7) is 2.23. The first-order valence-electron chi connectivity index (χ1n) is 9.30. The molecule has 2 saturated heterocycles. The van der Waals surface area contributed by atoms with Crippen molar-refractivity contribution < 1.29 is 13.9 Å². The Kier molecular flexibility index (Phi) is 3.97. The lowest BCUT2D eigenvalue weighted by Crippen LogP contribution is -2.48. The zero-order chi connectivity index (χ0) is 18.3. The normalized spacial score (nSPS) is 25.4. The van der Waals surface area contributed by atoms with Crippen LogP contribution in [0.2, 0.25) is 0 Å². The van der Waals surface area contributed by atoms with Crippen LogP contribution < -0.4 is 9.64 Å². The minimum atomic E-state index is -0.288. The van der Waals surface area contributed by atoms with E-state index in [0.29, 0.717) is 12.4 Å². The van der Waals surface area contributed by atoms with Gasteiger partial charge in [-0.05, 0) is 31.0 Å². The fourth-order valence-electron chi connectivity index (χ4n) is 4.28. The summed E-state index contributed by atoms with van der Waals surface area (Å²) in [5, 5.41) is 1.03. The maximum atomic E-state index is 13.4. The lowest BCUT2D eigenvalue weighted by atomic mass is 9.89. The number of anilines is 1. The first kappa shape index (κ1) is 16.5. The molecular formula is C20H21FN4O2. The van der Waals surface area contributed by atoms with E-state index in [1.807, 2.05) is 12.3 Å². The molecule has 2 aliphatic heterocycles. The fourth-order valence-corrected chi connectivity index (χ4v) is 4.28. The molecule has 1 spiro atoms. The van der Waals surface area contributed by atoms with E-state index in [4.69, 9.17) is 9.47 Å². The molecule has 6 nitrogen and oxygen atoms in total. The van der Waals surface area contributed by atoms with Gasteiger partial charge in [0.05, 0.1) is 17.6 Å². The van der Waals surface area contributed by atoms with Gasteiger partial charge in [-0.1, -0.05) is 6.07 Å². The number of aromatic amines is 1. The average molecular weight is 368 g/mol. The van der Waals surface area contributed by atoms with Crippen LogP contribution >= 0.6 is 0 Å². The Morgan fingerprint density at radius 1 is 1.30 bits per heavy atom. The third-order valence-electron chi connectivity index (χ3n) is 5.45. The van der Waals surface area contributed by atoms with E-state index in [2.05, 4.69) is 19.9 Å². The third kappa shape index (κ3) is 3.12. The van der Waals surface area contributed by atoms with Crippen LogP contribution in [0.15, 0.2) is 42.9 Å². The van der Waals surface area contributed by atoms with E-state index in [0.717, 1.165) is 49.2 Å². The molecule has 27 heavy (non-hydrogen) atoms. The molecule has 0 amide bonds. The Morgan fingerprint density at radius 3 is 3.19 bits per heavy atom. The van der Waals surface area contributed by atoms with Gasteiger partial charge in [-0.15, -0.1) is 0 Å². The Labute approximate surface area is 156 Å². The zero-order valence-corrected chi connectivity index (χ0v) is 14.9. The monoisotopic (exact) mass is 368 g/mol. The van der Waals surface area contributed by atoms with Crippen LogP contribution in [0.3, 0.4) is 0 Å². The molecule has 1 N–H and O–H groups in total. The first-order valence-corrected chi connectivity index (χ1v) is 9.30. The van der Waals surface area contributed by atoms with Crippen LogP contribution in [-0.2, 0) is 4.74 Å². The highest BCUT2D eigenvalue weighted by Gasteiger charge is 2.45. The smallest absolute Gasteiger partial charge is 0.142 e. The summed E-state index contributed by atoms with van der Waals surface area (Å²) in [6.07, 6.45) is 6.24. The second-order valence-electron chi connectivity index (χ2n) is 7.36. The second-order valence-corrected chi connectivity index (χ2v) is 7.36. The van der Waals surface area contributed by atoms with E-state index in [-0.39, 0.29) is 17.5 Å². The molecule has 2 aromatic heterocycles. The van der Waals surface area contributed by atoms with E-state index in [1.54, 1.807) is 18.5 Å². The molecule has 1 aromatic carbocycles. The quantitative estimate of drug-likeness (QED) is 0.769. The number of H-pyrrole nitrogens is 1. The van der Waals surface area contributed by atoms with Gasteiger partial charge in [0.15, 0.2) is 0 Å². The van der Waals surface area contributed by atoms with Crippen LogP contribution in [0.5, 0.6) is 5.75 Å². The predicted molar refractivity (Wildman–Crippen MR) is 99.5 cm³/mol. The van der Waals surface area contributed by atoms with Crippen LogP contribution in [0.1, 0.15) is 19.3 Å². The lowest BCUT2D eigenvalue weighted by molar-refractivity contribution is -0.00823. The van der Waals surface area contributed by atoms with Gasteiger partial charge in [0.1, 0.15) is 35.5 Å². The summed E-state index contributed by atoms with van der Waals surface area (Å²) in [7, 11) is 0. The Bertz CT molecular complexity index is 962. The van der Waals surface area contributed by atoms with Crippen molar-refractivity contribution in [2.24, 2.45) is 0 Å². The number of benzene rings is 1. The van der Waals surface area contributed by atoms with Gasteiger partial charge in [0.2, 0.25) is 0 Å². The minimum Gasteiger partial charge on any atom is -0.488 e. The molecule has 140 valence electrons. The SMILES string of the molecule is Fc1cccc(O[C@H]2CO[C@]3(CCCN(c4ncnc5[nH]ccc45)C3)C2)c1. The van der Waals surface area contributed by atoms with Gasteiger partial charge in [0, 0.05) is 31.8 Å². The van der Waals surface area contributed by atoms with Crippen LogP contribution in [-0.4, -0.2) is 46.4 Å². The summed E-state index contributed by atoms with van der Waals surface area (Å²) in [5.41, 5.74) is 0.600. The Morgan fingerprint density at radius 2 is 2.26 bits per heavy atom. The third-order valence-corrected chi connectivity index (χ3v) is 5.45. The van der Waals surface area contributed by atoms with Crippen molar-refractivity contribution in [2.45, 2.75) is 31.0 Å². The summed E-state index contributed by atoms with van der Waals surface area (Å²) in [6, 6.07) is 8.29. The summed E-state index contributed by atoms with van der Waals surface area (Å²) in [4.78, 5) is 14.2. The number of hydrogen-bond donors (Lipinski definition) is 1. The van der Waals surface area contributed by atoms with Gasteiger partial charge in [-0.25, -0.2) is 14.4 Å². The number of ether oxygens (including phenoxy) is 2. The molecule has 0 bridgehead atoms. The Balaban J connectivity index is 1.33. The number of piperidine rings is 1. The molecule has 3 aromatic rings. The molecule has 7 heteroatoms. The fraction of sp³-hybridized carbons (Fsp3) is 0.400. The average Bonchev–Trinajstić information content (AvgIpc) is 3.29. The van der Waals surface area contributed by atoms with Crippen molar-refractivity contribution in [3.05, 3.63) is 48.7 Å². The topological polar surface area (TPSA) is 63.3 Å². The number of fused-ring (bicyclic) bond motifs is 1. The van der Waals surface area contributed by atoms with Crippen molar-refractivity contribution >= 4 is 16.9 Å². The van der Waals surface area contributed by atoms with Crippen molar-refractivity contribution in [1.82, 2.24) is 15.0 Å². The molecule has 2 aliphatic rings. The summed E-state index contributed by atoms with van der Waals surface area (Å²) < 4.78 is 25.6. The molecular weight excluding hydrogens is 347 g/mol. The summed E-state index contributed by atoms with van der Waals surface area (Å²) in [5.74, 6) is 1.21. The van der Waals surface area contributed by atoms with E-state index >= 15 is 0 Å². The van der Waals surface area contributed by atoms with Gasteiger partial charge in [-0.2, -0.15) is 0 Å². The Hall–Kier alpha value is -2.67. The maximum absolute atomic E-state index is 13.4. The van der Waals surface area contributed by atoms with Crippen molar-refractivity contribution in [3.63, 3.8) is 0 Å². The number of rotatable bonds is 3. The highest BCUT2D eigenvalue weighted by Crippen LogP contribution is 2.38. The summed E-state index contributed by atoms with van der Waals surface area (Å²) >= 11 is 0. The lowest BCUT2D eigenvalue weighted by Gasteiger charge is -2.40. The molecule has 4 heterocycles. The number of halogens is 1. The van der Waals surface area contributed by atoms with Gasteiger partial charge in [-0.3, -0.25) is 0 Å². The minimum absolute atomic E-state index is 0.0653. The molecule has 0 aliphatic carbocycles. The second kappa shape index (κ2) is 6.49. The predicted octanol–water partition coefficient (Wildman–Crippen LogP) is 3.30. The standard InChI is InChI=1S/C20H21FN4O2/c21-14-3-1-4-15(9-14)27-16-10-20(26-11-16)6-2-8-25(12-20)19-17-5-7-22-18(17)23-13-24-19/h1,3-5,7,9,13,16H,2,6,8,10-12H2,(H,22,23,24)/t16-,20-/m1/s1. The van der Waals surface area contributed by atoms with Crippen LogP contribution in [0.4, 0.5) is 10.2 Å². The number of nitrogens with zero attached hydrogens (tertiary/aromatic N) is 3. The van der Waals surface area contributed by atoms with Crippen molar-refractivity contribution in [1.29, 1.82) is 0 Å².